The summed E-state index contributed by atoms with van der Waals surface area (Å²) in [6, 6.07) is 6.61. The van der Waals surface area contributed by atoms with Crippen LogP contribution in [0.3, 0.4) is 0 Å². The van der Waals surface area contributed by atoms with Crippen molar-refractivity contribution in [3.63, 3.8) is 0 Å². The fourth-order valence-electron chi connectivity index (χ4n) is 3.69. The monoisotopic (exact) mass is 323 g/mol. The van der Waals surface area contributed by atoms with Crippen LogP contribution in [-0.2, 0) is 6.42 Å². The van der Waals surface area contributed by atoms with Gasteiger partial charge in [0.25, 0.3) is 0 Å². The second-order valence-corrected chi connectivity index (χ2v) is 7.42. The van der Waals surface area contributed by atoms with Crippen molar-refractivity contribution in [2.75, 3.05) is 0 Å². The van der Waals surface area contributed by atoms with Gasteiger partial charge in [0.15, 0.2) is 0 Å². The van der Waals surface area contributed by atoms with E-state index in [4.69, 9.17) is 0 Å². The van der Waals surface area contributed by atoms with Crippen LogP contribution in [0.5, 0.6) is 0 Å². The molecule has 1 aromatic carbocycles. The average Bonchev–Trinajstić information content (AvgIpc) is 3.12. The number of hydrogen-bond acceptors (Lipinski definition) is 1. The molecule has 0 radical (unpaired) electrons. The predicted molar refractivity (Wildman–Crippen MR) is 108 cm³/mol. The average molecular weight is 324 g/mol. The first-order valence-corrected chi connectivity index (χ1v) is 9.43. The highest BCUT2D eigenvalue weighted by Gasteiger charge is 2.15. The molecule has 0 N–H and O–H groups in total. The number of allylic oxidation sites excluding steroid dienone is 4. The van der Waals surface area contributed by atoms with Gasteiger partial charge in [-0.15, -0.1) is 0 Å². The lowest BCUT2D eigenvalue weighted by Gasteiger charge is -2.15. The Labute approximate surface area is 148 Å². The Morgan fingerprint density at radius 1 is 1.21 bits per heavy atom. The second kappa shape index (κ2) is 9.01. The number of hydrogen-bond donors (Lipinski definition) is 0. The van der Waals surface area contributed by atoms with Gasteiger partial charge in [0.05, 0.1) is 5.69 Å². The quantitative estimate of drug-likeness (QED) is 0.369. The molecule has 0 unspecified atom stereocenters. The predicted octanol–water partition coefficient (Wildman–Crippen LogP) is 7.29. The first-order valence-electron chi connectivity index (χ1n) is 9.43. The first-order chi connectivity index (χ1) is 11.5. The van der Waals surface area contributed by atoms with Crippen LogP contribution in [-0.4, -0.2) is 6.72 Å². The molecule has 0 spiro atoms. The molecule has 0 aromatic heterocycles. The highest BCUT2D eigenvalue weighted by Crippen LogP contribution is 2.34. The van der Waals surface area contributed by atoms with Gasteiger partial charge < -0.3 is 0 Å². The van der Waals surface area contributed by atoms with Crippen LogP contribution >= 0.6 is 0 Å². The van der Waals surface area contributed by atoms with Crippen LogP contribution in [0, 0.1) is 5.92 Å². The molecule has 2 rings (SSSR count). The van der Waals surface area contributed by atoms with Gasteiger partial charge in [0.1, 0.15) is 0 Å². The van der Waals surface area contributed by atoms with Crippen molar-refractivity contribution >= 4 is 18.0 Å². The van der Waals surface area contributed by atoms with Gasteiger partial charge in [-0.2, -0.15) is 0 Å². The number of aliphatic imine (C=N–C) groups is 1. The third-order valence-electron chi connectivity index (χ3n) is 5.65. The minimum absolute atomic E-state index is 0.952. The van der Waals surface area contributed by atoms with Gasteiger partial charge in [-0.25, -0.2) is 0 Å². The van der Waals surface area contributed by atoms with E-state index in [0.717, 1.165) is 18.0 Å². The zero-order valence-corrected chi connectivity index (χ0v) is 16.0. The van der Waals surface area contributed by atoms with E-state index in [1.165, 1.54) is 66.4 Å². The fourth-order valence-corrected chi connectivity index (χ4v) is 3.69. The van der Waals surface area contributed by atoms with Gasteiger partial charge in [-0.05, 0) is 82.9 Å². The van der Waals surface area contributed by atoms with Crippen LogP contribution in [0.15, 0.2) is 40.4 Å². The Morgan fingerprint density at radius 2 is 1.92 bits per heavy atom. The summed E-state index contributed by atoms with van der Waals surface area (Å²) in [6.07, 6.45) is 11.5. The zero-order valence-electron chi connectivity index (χ0n) is 16.0. The highest BCUT2D eigenvalue weighted by atomic mass is 14.7. The van der Waals surface area contributed by atoms with E-state index in [0.29, 0.717) is 0 Å². The molecule has 0 bridgehead atoms. The number of nitrogens with zero attached hydrogens (tertiary/aromatic N) is 1. The molecule has 0 saturated heterocycles. The molecule has 0 atom stereocenters. The molecule has 0 aliphatic heterocycles. The van der Waals surface area contributed by atoms with Crippen molar-refractivity contribution in [2.24, 2.45) is 10.9 Å². The van der Waals surface area contributed by atoms with E-state index in [-0.39, 0.29) is 0 Å². The van der Waals surface area contributed by atoms with Crippen molar-refractivity contribution in [3.8, 4) is 0 Å². The van der Waals surface area contributed by atoms with Crippen molar-refractivity contribution in [1.29, 1.82) is 0 Å². The smallest absolute Gasteiger partial charge is 0.0697 e. The molecule has 1 aliphatic carbocycles. The number of benzene rings is 1. The molecular formula is C23H33N. The van der Waals surface area contributed by atoms with Gasteiger partial charge in [-0.3, -0.25) is 4.99 Å². The highest BCUT2D eigenvalue weighted by molar-refractivity contribution is 5.76. The van der Waals surface area contributed by atoms with Crippen LogP contribution in [0.1, 0.15) is 77.3 Å². The standard InChI is InChI=1S/C23H33N/c1-6-17(2)15-21-13-14-23(24-5)22(16-21)19(4)18(3)11-12-20-9-7-8-10-20/h6,13-14,16,20H,5,7-12,15H2,1-4H3/b17-6+,19-18+. The molecule has 1 fully saturated rings. The number of rotatable bonds is 7. The third-order valence-corrected chi connectivity index (χ3v) is 5.65. The summed E-state index contributed by atoms with van der Waals surface area (Å²) >= 11 is 0. The van der Waals surface area contributed by atoms with Crippen molar-refractivity contribution in [3.05, 3.63) is 46.5 Å². The summed E-state index contributed by atoms with van der Waals surface area (Å²) < 4.78 is 0. The Bertz CT molecular complexity index is 627. The lowest BCUT2D eigenvalue weighted by molar-refractivity contribution is 0.503. The van der Waals surface area contributed by atoms with Crippen LogP contribution in [0.2, 0.25) is 0 Å². The lowest BCUT2D eigenvalue weighted by Crippen LogP contribution is -1.96. The van der Waals surface area contributed by atoms with Gasteiger partial charge in [-0.1, -0.05) is 49.0 Å². The zero-order chi connectivity index (χ0) is 17.5. The maximum absolute atomic E-state index is 4.25. The summed E-state index contributed by atoms with van der Waals surface area (Å²) in [5.41, 5.74) is 7.92. The van der Waals surface area contributed by atoms with Gasteiger partial charge in [0, 0.05) is 5.56 Å². The van der Waals surface area contributed by atoms with Crippen LogP contribution in [0.4, 0.5) is 5.69 Å². The van der Waals surface area contributed by atoms with Crippen molar-refractivity contribution < 1.29 is 0 Å². The minimum Gasteiger partial charge on any atom is -0.264 e. The molecule has 24 heavy (non-hydrogen) atoms. The van der Waals surface area contributed by atoms with Crippen LogP contribution in [0.25, 0.3) is 5.57 Å². The molecule has 1 aliphatic rings. The van der Waals surface area contributed by atoms with E-state index in [1.54, 1.807) is 0 Å². The van der Waals surface area contributed by atoms with E-state index in [2.05, 4.69) is 63.7 Å². The molecule has 1 heteroatoms. The minimum atomic E-state index is 0.952. The normalized spacial score (nSPS) is 17.1. The summed E-state index contributed by atoms with van der Waals surface area (Å²) in [6.45, 7) is 12.6. The summed E-state index contributed by atoms with van der Waals surface area (Å²) in [4.78, 5) is 4.25. The van der Waals surface area contributed by atoms with E-state index in [1.807, 2.05) is 0 Å². The topological polar surface area (TPSA) is 12.4 Å². The lowest BCUT2D eigenvalue weighted by atomic mass is 9.92. The van der Waals surface area contributed by atoms with Crippen molar-refractivity contribution in [2.45, 2.75) is 72.6 Å². The molecule has 1 saturated carbocycles. The first kappa shape index (κ1) is 18.7. The SMILES string of the molecule is C=Nc1ccc(C/C(C)=C/C)cc1/C(C)=C(\C)CCC1CCCC1. The van der Waals surface area contributed by atoms with Gasteiger partial charge in [0.2, 0.25) is 0 Å². The fraction of sp³-hybridized carbons (Fsp3) is 0.522. The maximum atomic E-state index is 4.25. The molecular weight excluding hydrogens is 290 g/mol. The molecule has 130 valence electrons. The Hall–Kier alpha value is -1.63. The van der Waals surface area contributed by atoms with E-state index < -0.39 is 0 Å². The second-order valence-electron chi connectivity index (χ2n) is 7.42. The van der Waals surface area contributed by atoms with Crippen LogP contribution < -0.4 is 0 Å². The van der Waals surface area contributed by atoms with E-state index in [9.17, 15) is 0 Å². The van der Waals surface area contributed by atoms with E-state index >= 15 is 0 Å². The summed E-state index contributed by atoms with van der Waals surface area (Å²) in [7, 11) is 0. The Kier molecular flexibility index (Phi) is 7.02. The van der Waals surface area contributed by atoms with Crippen molar-refractivity contribution in [1.82, 2.24) is 0 Å². The third kappa shape index (κ3) is 4.93. The Morgan fingerprint density at radius 3 is 2.54 bits per heavy atom. The van der Waals surface area contributed by atoms with Gasteiger partial charge >= 0.3 is 0 Å². The largest absolute Gasteiger partial charge is 0.264 e. The summed E-state index contributed by atoms with van der Waals surface area (Å²) in [5.74, 6) is 0.952. The maximum Gasteiger partial charge on any atom is 0.0697 e. The molecule has 0 amide bonds. The molecule has 0 heterocycles. The molecule has 1 nitrogen and oxygen atoms in total. The Balaban J connectivity index is 2.20. The molecule has 1 aromatic rings. The summed E-state index contributed by atoms with van der Waals surface area (Å²) in [5, 5.41) is 0.